The van der Waals surface area contributed by atoms with E-state index in [0.717, 1.165) is 39.7 Å². The fraction of sp³-hybridized carbons (Fsp3) is 0.267. The molecule has 0 atom stereocenters. The van der Waals surface area contributed by atoms with Gasteiger partial charge in [0.2, 0.25) is 0 Å². The lowest BCUT2D eigenvalue weighted by Crippen LogP contribution is -2.21. The minimum absolute atomic E-state index is 0.165. The second-order valence-corrected chi connectivity index (χ2v) is 11.1. The van der Waals surface area contributed by atoms with E-state index in [4.69, 9.17) is 5.10 Å². The molecule has 3 heterocycles. The summed E-state index contributed by atoms with van der Waals surface area (Å²) in [6.07, 6.45) is 7.96. The van der Waals surface area contributed by atoms with E-state index < -0.39 is 0 Å². The molecule has 9 nitrogen and oxygen atoms in total. The van der Waals surface area contributed by atoms with Crippen LogP contribution in [-0.2, 0) is 5.41 Å². The number of nitrogens with one attached hydrogen (secondary N) is 3. The molecule has 0 saturated heterocycles. The van der Waals surface area contributed by atoms with Crippen molar-refractivity contribution in [1.29, 1.82) is 0 Å². The lowest BCUT2D eigenvalue weighted by Gasteiger charge is -2.14. The molecule has 3 N–H and O–H groups in total. The maximum Gasteiger partial charge on any atom is 0.324 e. The summed E-state index contributed by atoms with van der Waals surface area (Å²) in [5.74, 6) is 1.41. The number of aromatic nitrogens is 5. The van der Waals surface area contributed by atoms with Crippen molar-refractivity contribution in [3.05, 3.63) is 84.4 Å². The van der Waals surface area contributed by atoms with Gasteiger partial charge in [-0.25, -0.2) is 19.4 Å². The molecule has 39 heavy (non-hydrogen) atoms. The predicted molar refractivity (Wildman–Crippen MR) is 155 cm³/mol. The Balaban J connectivity index is 1.23. The molecule has 1 saturated carbocycles. The first-order chi connectivity index (χ1) is 18.8. The maximum atomic E-state index is 13.1. The number of benzene rings is 2. The van der Waals surface area contributed by atoms with Gasteiger partial charge in [0.25, 0.3) is 0 Å². The average molecular weight is 521 g/mol. The van der Waals surface area contributed by atoms with Crippen LogP contribution in [0.1, 0.15) is 44.9 Å². The molecule has 1 aliphatic rings. The lowest BCUT2D eigenvalue weighted by atomic mass is 9.92. The number of imidazole rings is 1. The van der Waals surface area contributed by atoms with Crippen molar-refractivity contribution in [1.82, 2.24) is 24.1 Å². The minimum atomic E-state index is -0.339. The van der Waals surface area contributed by atoms with Crippen molar-refractivity contribution in [3.8, 4) is 16.9 Å². The first-order valence-electron chi connectivity index (χ1n) is 13.2. The fourth-order valence-corrected chi connectivity index (χ4v) is 4.55. The molecule has 0 spiro atoms. The number of carbonyl (C=O) groups excluding carboxylic acids is 1. The first-order valence-corrected chi connectivity index (χ1v) is 13.2. The van der Waals surface area contributed by atoms with Crippen LogP contribution in [0.2, 0.25) is 0 Å². The second kappa shape index (κ2) is 9.58. The van der Waals surface area contributed by atoms with E-state index in [2.05, 4.69) is 51.1 Å². The highest BCUT2D eigenvalue weighted by Gasteiger charge is 2.24. The van der Waals surface area contributed by atoms with Crippen molar-refractivity contribution in [2.24, 2.45) is 0 Å². The van der Waals surface area contributed by atoms with Crippen LogP contribution >= 0.6 is 0 Å². The Morgan fingerprint density at radius 3 is 2.51 bits per heavy atom. The molecule has 3 aromatic heterocycles. The number of aryl methyl sites for hydroxylation is 1. The third-order valence-electron chi connectivity index (χ3n) is 6.83. The van der Waals surface area contributed by atoms with Crippen LogP contribution in [0.4, 0.5) is 22.1 Å². The van der Waals surface area contributed by atoms with E-state index in [1.807, 2.05) is 73.9 Å². The molecule has 1 aliphatic carbocycles. The van der Waals surface area contributed by atoms with E-state index in [9.17, 15) is 4.79 Å². The summed E-state index contributed by atoms with van der Waals surface area (Å²) in [7, 11) is 0. The average Bonchev–Trinajstić information content (AvgIpc) is 3.39. The quantitative estimate of drug-likeness (QED) is 0.240. The van der Waals surface area contributed by atoms with Crippen molar-refractivity contribution >= 4 is 29.0 Å². The number of hydrogen-bond acceptors (Lipinski definition) is 5. The largest absolute Gasteiger partial charge is 0.364 e. The zero-order valence-electron chi connectivity index (χ0n) is 22.6. The number of amides is 2. The second-order valence-electron chi connectivity index (χ2n) is 11.1. The monoisotopic (exact) mass is 520 g/mol. The first kappa shape index (κ1) is 24.7. The van der Waals surface area contributed by atoms with Gasteiger partial charge in [0, 0.05) is 41.2 Å². The van der Waals surface area contributed by atoms with Crippen LogP contribution in [0.3, 0.4) is 0 Å². The Kier molecular flexibility index (Phi) is 6.06. The molecule has 198 valence electrons. The third-order valence-corrected chi connectivity index (χ3v) is 6.83. The Hall–Kier alpha value is -4.66. The topological polar surface area (TPSA) is 101 Å². The molecule has 0 unspecified atom stereocenters. The smallest absolute Gasteiger partial charge is 0.324 e. The van der Waals surface area contributed by atoms with Gasteiger partial charge in [0.1, 0.15) is 5.82 Å². The molecule has 0 aliphatic heterocycles. The predicted octanol–water partition coefficient (Wildman–Crippen LogP) is 6.41. The molecule has 5 aromatic rings. The van der Waals surface area contributed by atoms with Gasteiger partial charge in [-0.2, -0.15) is 5.10 Å². The Morgan fingerprint density at radius 1 is 1.00 bits per heavy atom. The number of nitrogens with zero attached hydrogens (tertiary/aromatic N) is 5. The highest BCUT2D eigenvalue weighted by molar-refractivity contribution is 5.99. The van der Waals surface area contributed by atoms with Crippen LogP contribution < -0.4 is 16.0 Å². The molecule has 9 heteroatoms. The SMILES string of the molecule is Cc1cc(NC(=O)Nc2cc(C(C)(C)C)nn2-c2ccccc2)ccc1-c1cnc(NC2CC2)c2nccn12. The van der Waals surface area contributed by atoms with Crippen molar-refractivity contribution < 1.29 is 4.79 Å². The van der Waals surface area contributed by atoms with E-state index in [1.165, 1.54) is 12.8 Å². The molecule has 0 bridgehead atoms. The highest BCUT2D eigenvalue weighted by Crippen LogP contribution is 2.31. The molecular weight excluding hydrogens is 488 g/mol. The van der Waals surface area contributed by atoms with Gasteiger partial charge in [0.05, 0.1) is 23.3 Å². The number of hydrogen-bond donors (Lipinski definition) is 3. The number of para-hydroxylation sites is 1. The summed E-state index contributed by atoms with van der Waals surface area (Å²) in [6.45, 7) is 8.33. The number of rotatable bonds is 6. The van der Waals surface area contributed by atoms with E-state index in [0.29, 0.717) is 17.5 Å². The minimum Gasteiger partial charge on any atom is -0.364 e. The summed E-state index contributed by atoms with van der Waals surface area (Å²) < 4.78 is 3.82. The van der Waals surface area contributed by atoms with Crippen LogP contribution in [0, 0.1) is 6.92 Å². The molecule has 2 aromatic carbocycles. The molecule has 1 fully saturated rings. The summed E-state index contributed by atoms with van der Waals surface area (Å²) in [4.78, 5) is 22.3. The van der Waals surface area contributed by atoms with E-state index in [1.54, 1.807) is 10.9 Å². The van der Waals surface area contributed by atoms with E-state index >= 15 is 0 Å². The van der Waals surface area contributed by atoms with Crippen molar-refractivity contribution in [3.63, 3.8) is 0 Å². The Morgan fingerprint density at radius 2 is 1.79 bits per heavy atom. The Bertz CT molecular complexity index is 1660. The fourth-order valence-electron chi connectivity index (χ4n) is 4.55. The highest BCUT2D eigenvalue weighted by atomic mass is 16.2. The summed E-state index contributed by atoms with van der Waals surface area (Å²) in [6, 6.07) is 17.7. The number of urea groups is 1. The molecule has 6 rings (SSSR count). The maximum absolute atomic E-state index is 13.1. The molecule has 0 radical (unpaired) electrons. The van der Waals surface area contributed by atoms with Gasteiger partial charge in [-0.05, 0) is 49.6 Å². The van der Waals surface area contributed by atoms with Gasteiger partial charge in [-0.3, -0.25) is 9.72 Å². The summed E-state index contributed by atoms with van der Waals surface area (Å²) >= 11 is 0. The number of carbonyl (C=O) groups is 1. The van der Waals surface area contributed by atoms with Crippen LogP contribution in [-0.4, -0.2) is 36.2 Å². The van der Waals surface area contributed by atoms with Crippen LogP contribution in [0.5, 0.6) is 0 Å². The third kappa shape index (κ3) is 5.07. The van der Waals surface area contributed by atoms with Gasteiger partial charge in [0.15, 0.2) is 11.5 Å². The van der Waals surface area contributed by atoms with Crippen LogP contribution in [0.25, 0.3) is 22.6 Å². The lowest BCUT2D eigenvalue weighted by molar-refractivity contribution is 0.262. The normalized spacial score (nSPS) is 13.4. The van der Waals surface area contributed by atoms with Gasteiger partial charge < -0.3 is 10.6 Å². The van der Waals surface area contributed by atoms with Gasteiger partial charge in [-0.1, -0.05) is 45.0 Å². The zero-order valence-corrected chi connectivity index (χ0v) is 22.6. The van der Waals surface area contributed by atoms with Crippen LogP contribution in [0.15, 0.2) is 73.2 Å². The standard InChI is InChI=1S/C30H32N8O/c1-19-16-21(12-13-23(19)24-18-32-27(33-20-10-11-20)28-31-14-15-37(24)28)34-29(39)35-26-17-25(30(2,3)4)36-38(26)22-8-6-5-7-9-22/h5-9,12-18,20H,10-11H2,1-4H3,(H,32,33)(H2,34,35,39). The summed E-state index contributed by atoms with van der Waals surface area (Å²) in [5.41, 5.74) is 6.08. The zero-order chi connectivity index (χ0) is 27.1. The van der Waals surface area contributed by atoms with Gasteiger partial charge in [-0.15, -0.1) is 0 Å². The number of fused-ring (bicyclic) bond motifs is 1. The van der Waals surface area contributed by atoms with Gasteiger partial charge >= 0.3 is 6.03 Å². The van der Waals surface area contributed by atoms with Crippen molar-refractivity contribution in [2.45, 2.75) is 52.0 Å². The molecular formula is C30H32N8O. The number of anilines is 3. The molecule has 2 amide bonds. The Labute approximate surface area is 227 Å². The summed E-state index contributed by atoms with van der Waals surface area (Å²) in [5, 5.41) is 14.2. The van der Waals surface area contributed by atoms with Crippen molar-refractivity contribution in [2.75, 3.05) is 16.0 Å². The van der Waals surface area contributed by atoms with E-state index in [-0.39, 0.29) is 11.4 Å².